The monoisotopic (exact) mass is 315 g/mol. The normalized spacial score (nSPS) is 12.3. The minimum atomic E-state index is -0.00452. The van der Waals surface area contributed by atoms with E-state index in [1.165, 1.54) is 5.56 Å². The van der Waals surface area contributed by atoms with Crippen LogP contribution in [0.2, 0.25) is 0 Å². The highest BCUT2D eigenvalue weighted by Gasteiger charge is 2.09. The van der Waals surface area contributed by atoms with Gasteiger partial charge in [-0.15, -0.1) is 0 Å². The molecule has 0 fully saturated rings. The molecule has 2 heteroatoms. The molecule has 3 rings (SSSR count). The van der Waals surface area contributed by atoms with Crippen molar-refractivity contribution in [2.24, 2.45) is 4.99 Å². The molecule has 0 aromatic heterocycles. The molecule has 0 spiro atoms. The average Bonchev–Trinajstić information content (AvgIpc) is 2.67. The van der Waals surface area contributed by atoms with Gasteiger partial charge in [-0.05, 0) is 16.7 Å². The SMILES string of the molecule is C(=N[C@@H](COCc1ccccc1)c1ccccc1)c1ccccc1. The van der Waals surface area contributed by atoms with Gasteiger partial charge in [0.05, 0.1) is 19.3 Å². The number of nitrogens with zero attached hydrogens (tertiary/aromatic N) is 1. The van der Waals surface area contributed by atoms with Crippen molar-refractivity contribution in [3.05, 3.63) is 108 Å². The highest BCUT2D eigenvalue weighted by Crippen LogP contribution is 2.18. The molecule has 120 valence electrons. The van der Waals surface area contributed by atoms with E-state index in [-0.39, 0.29) is 6.04 Å². The number of hydrogen-bond acceptors (Lipinski definition) is 2. The van der Waals surface area contributed by atoms with Gasteiger partial charge in [-0.25, -0.2) is 0 Å². The predicted molar refractivity (Wildman–Crippen MR) is 99.3 cm³/mol. The van der Waals surface area contributed by atoms with E-state index in [1.807, 2.05) is 60.8 Å². The number of rotatable bonds is 7. The third-order valence-corrected chi connectivity index (χ3v) is 3.77. The minimum absolute atomic E-state index is 0.00452. The van der Waals surface area contributed by atoms with Gasteiger partial charge in [0.2, 0.25) is 0 Å². The molecule has 0 saturated heterocycles. The zero-order valence-corrected chi connectivity index (χ0v) is 13.6. The van der Waals surface area contributed by atoms with Crippen LogP contribution < -0.4 is 0 Å². The van der Waals surface area contributed by atoms with Gasteiger partial charge in [0.25, 0.3) is 0 Å². The van der Waals surface area contributed by atoms with Crippen molar-refractivity contribution in [3.63, 3.8) is 0 Å². The predicted octanol–water partition coefficient (Wildman–Crippen LogP) is 5.06. The Balaban J connectivity index is 1.67. The van der Waals surface area contributed by atoms with Gasteiger partial charge in [0.15, 0.2) is 0 Å². The molecule has 0 heterocycles. The summed E-state index contributed by atoms with van der Waals surface area (Å²) in [7, 11) is 0. The standard InChI is InChI=1S/C22H21NO/c1-4-10-19(11-5-1)16-23-22(21-14-8-3-9-15-21)18-24-17-20-12-6-2-7-13-20/h1-16,22H,17-18H2/t22-/m0/s1. The van der Waals surface area contributed by atoms with Crippen molar-refractivity contribution >= 4 is 6.21 Å². The minimum Gasteiger partial charge on any atom is -0.374 e. The summed E-state index contributed by atoms with van der Waals surface area (Å²) in [5.74, 6) is 0. The van der Waals surface area contributed by atoms with Gasteiger partial charge in [0, 0.05) is 6.21 Å². The molecule has 0 aliphatic rings. The molecule has 24 heavy (non-hydrogen) atoms. The van der Waals surface area contributed by atoms with Crippen molar-refractivity contribution < 1.29 is 4.74 Å². The Morgan fingerprint density at radius 3 is 2.00 bits per heavy atom. The Hall–Kier alpha value is -2.71. The fourth-order valence-corrected chi connectivity index (χ4v) is 2.48. The van der Waals surface area contributed by atoms with Crippen LogP contribution in [0, 0.1) is 0 Å². The lowest BCUT2D eigenvalue weighted by molar-refractivity contribution is 0.108. The van der Waals surface area contributed by atoms with Crippen LogP contribution >= 0.6 is 0 Å². The molecule has 0 aliphatic heterocycles. The van der Waals surface area contributed by atoms with E-state index in [4.69, 9.17) is 9.73 Å². The maximum atomic E-state index is 5.91. The lowest BCUT2D eigenvalue weighted by atomic mass is 10.1. The van der Waals surface area contributed by atoms with Crippen LogP contribution in [0.1, 0.15) is 22.7 Å². The molecule has 0 bridgehead atoms. The van der Waals surface area contributed by atoms with Crippen molar-refractivity contribution in [1.29, 1.82) is 0 Å². The molecule has 1 atom stereocenters. The largest absolute Gasteiger partial charge is 0.374 e. The summed E-state index contributed by atoms with van der Waals surface area (Å²) in [6.07, 6.45) is 1.92. The summed E-state index contributed by atoms with van der Waals surface area (Å²) < 4.78 is 5.91. The zero-order chi connectivity index (χ0) is 16.5. The lowest BCUT2D eigenvalue weighted by Gasteiger charge is -2.13. The molecule has 3 aromatic carbocycles. The average molecular weight is 315 g/mol. The van der Waals surface area contributed by atoms with E-state index in [0.717, 1.165) is 11.1 Å². The Morgan fingerprint density at radius 1 is 0.750 bits per heavy atom. The van der Waals surface area contributed by atoms with Crippen molar-refractivity contribution in [1.82, 2.24) is 0 Å². The highest BCUT2D eigenvalue weighted by molar-refractivity contribution is 5.79. The lowest BCUT2D eigenvalue weighted by Crippen LogP contribution is -2.06. The van der Waals surface area contributed by atoms with Crippen LogP contribution in [0.4, 0.5) is 0 Å². The summed E-state index contributed by atoms with van der Waals surface area (Å²) in [4.78, 5) is 4.75. The van der Waals surface area contributed by atoms with E-state index in [1.54, 1.807) is 0 Å². The second-order valence-electron chi connectivity index (χ2n) is 5.62. The number of benzene rings is 3. The van der Waals surface area contributed by atoms with Crippen LogP contribution in [0.25, 0.3) is 0 Å². The van der Waals surface area contributed by atoms with E-state index < -0.39 is 0 Å². The van der Waals surface area contributed by atoms with Crippen LogP contribution in [-0.4, -0.2) is 12.8 Å². The third kappa shape index (κ3) is 4.90. The van der Waals surface area contributed by atoms with Crippen LogP contribution in [-0.2, 0) is 11.3 Å². The fourth-order valence-electron chi connectivity index (χ4n) is 2.48. The van der Waals surface area contributed by atoms with E-state index >= 15 is 0 Å². The molecule has 0 amide bonds. The Labute approximate surface area is 143 Å². The second kappa shape index (κ2) is 8.80. The van der Waals surface area contributed by atoms with Gasteiger partial charge in [-0.1, -0.05) is 91.0 Å². The number of hydrogen-bond donors (Lipinski definition) is 0. The number of aliphatic imine (C=N–C) groups is 1. The highest BCUT2D eigenvalue weighted by atomic mass is 16.5. The smallest absolute Gasteiger partial charge is 0.0982 e. The maximum Gasteiger partial charge on any atom is 0.0982 e. The van der Waals surface area contributed by atoms with Gasteiger partial charge < -0.3 is 4.74 Å². The molecular formula is C22H21NO. The van der Waals surface area contributed by atoms with E-state index in [0.29, 0.717) is 13.2 Å². The molecule has 3 aromatic rings. The van der Waals surface area contributed by atoms with Crippen LogP contribution in [0.5, 0.6) is 0 Å². The van der Waals surface area contributed by atoms with Crippen molar-refractivity contribution in [2.75, 3.05) is 6.61 Å². The number of ether oxygens (including phenoxy) is 1. The molecule has 0 aliphatic carbocycles. The van der Waals surface area contributed by atoms with Gasteiger partial charge in [-0.2, -0.15) is 0 Å². The van der Waals surface area contributed by atoms with Crippen LogP contribution in [0.3, 0.4) is 0 Å². The van der Waals surface area contributed by atoms with E-state index in [9.17, 15) is 0 Å². The van der Waals surface area contributed by atoms with Gasteiger partial charge in [-0.3, -0.25) is 4.99 Å². The maximum absolute atomic E-state index is 5.91. The second-order valence-corrected chi connectivity index (χ2v) is 5.62. The Kier molecular flexibility index (Phi) is 5.93. The molecule has 2 nitrogen and oxygen atoms in total. The Bertz CT molecular complexity index is 739. The van der Waals surface area contributed by atoms with Gasteiger partial charge in [0.1, 0.15) is 0 Å². The molecular weight excluding hydrogens is 294 g/mol. The molecule has 0 N–H and O–H groups in total. The first-order valence-corrected chi connectivity index (χ1v) is 8.16. The summed E-state index contributed by atoms with van der Waals surface area (Å²) >= 11 is 0. The summed E-state index contributed by atoms with van der Waals surface area (Å²) in [5, 5.41) is 0. The topological polar surface area (TPSA) is 21.6 Å². The fraction of sp³-hybridized carbons (Fsp3) is 0.136. The van der Waals surface area contributed by atoms with E-state index in [2.05, 4.69) is 36.4 Å². The summed E-state index contributed by atoms with van der Waals surface area (Å²) in [6, 6.07) is 30.7. The van der Waals surface area contributed by atoms with Crippen LogP contribution in [0.15, 0.2) is 96.0 Å². The zero-order valence-electron chi connectivity index (χ0n) is 13.6. The third-order valence-electron chi connectivity index (χ3n) is 3.77. The first kappa shape index (κ1) is 16.2. The van der Waals surface area contributed by atoms with Gasteiger partial charge >= 0.3 is 0 Å². The molecule has 0 saturated carbocycles. The first-order valence-electron chi connectivity index (χ1n) is 8.16. The molecule has 0 radical (unpaired) electrons. The Morgan fingerprint density at radius 2 is 1.33 bits per heavy atom. The van der Waals surface area contributed by atoms with Crippen molar-refractivity contribution in [3.8, 4) is 0 Å². The van der Waals surface area contributed by atoms with Crippen molar-refractivity contribution in [2.45, 2.75) is 12.6 Å². The summed E-state index contributed by atoms with van der Waals surface area (Å²) in [5.41, 5.74) is 3.44. The summed E-state index contributed by atoms with van der Waals surface area (Å²) in [6.45, 7) is 1.16. The quantitative estimate of drug-likeness (QED) is 0.558. The molecule has 0 unspecified atom stereocenters. The first-order chi connectivity index (χ1) is 11.9.